The standard InChI is InChI=1S/C11H16N2O2S/c1-3-14-8-5-15-10-9(13)6(2)4-7(12)11(10)16-8/h4,8H,3,5,12-13H2,1-2H3. The highest BCUT2D eigenvalue weighted by atomic mass is 32.2. The van der Waals surface area contributed by atoms with Crippen molar-refractivity contribution in [1.29, 1.82) is 0 Å². The normalized spacial score (nSPS) is 19.0. The van der Waals surface area contributed by atoms with E-state index in [1.807, 2.05) is 19.9 Å². The summed E-state index contributed by atoms with van der Waals surface area (Å²) >= 11 is 1.58. The lowest BCUT2D eigenvalue weighted by atomic mass is 10.1. The monoisotopic (exact) mass is 240 g/mol. The van der Waals surface area contributed by atoms with Crippen molar-refractivity contribution in [3.05, 3.63) is 11.6 Å². The molecule has 88 valence electrons. The number of rotatable bonds is 2. The molecule has 1 aliphatic rings. The van der Waals surface area contributed by atoms with E-state index in [4.69, 9.17) is 20.9 Å². The highest BCUT2D eigenvalue weighted by Gasteiger charge is 2.25. The molecule has 2 rings (SSSR count). The van der Waals surface area contributed by atoms with Crippen LogP contribution < -0.4 is 16.2 Å². The van der Waals surface area contributed by atoms with E-state index in [9.17, 15) is 0 Å². The molecule has 0 fully saturated rings. The molecule has 1 aromatic carbocycles. The largest absolute Gasteiger partial charge is 0.487 e. The molecule has 1 atom stereocenters. The van der Waals surface area contributed by atoms with Crippen molar-refractivity contribution in [2.24, 2.45) is 0 Å². The average molecular weight is 240 g/mol. The first-order valence-corrected chi connectivity index (χ1v) is 6.11. The molecule has 0 saturated carbocycles. The molecule has 0 bridgehead atoms. The van der Waals surface area contributed by atoms with Crippen LogP contribution in [0.4, 0.5) is 11.4 Å². The van der Waals surface area contributed by atoms with Crippen LogP contribution in [-0.2, 0) is 4.74 Å². The molecule has 1 aromatic rings. The van der Waals surface area contributed by atoms with Crippen LogP contribution in [-0.4, -0.2) is 18.6 Å². The van der Waals surface area contributed by atoms with Gasteiger partial charge in [-0.15, -0.1) is 0 Å². The van der Waals surface area contributed by atoms with Crippen molar-refractivity contribution in [2.75, 3.05) is 24.7 Å². The summed E-state index contributed by atoms with van der Waals surface area (Å²) in [5.74, 6) is 0.707. The second-order valence-corrected chi connectivity index (χ2v) is 4.84. The second-order valence-electron chi connectivity index (χ2n) is 3.67. The SMILES string of the molecule is CCOC1COc2c(N)c(C)cc(N)c2S1. The van der Waals surface area contributed by atoms with Crippen LogP contribution in [0.3, 0.4) is 0 Å². The molecule has 4 nitrogen and oxygen atoms in total. The Morgan fingerprint density at radius 2 is 2.31 bits per heavy atom. The van der Waals surface area contributed by atoms with Gasteiger partial charge < -0.3 is 20.9 Å². The second kappa shape index (κ2) is 4.43. The van der Waals surface area contributed by atoms with Gasteiger partial charge in [-0.2, -0.15) is 0 Å². The topological polar surface area (TPSA) is 70.5 Å². The highest BCUT2D eigenvalue weighted by Crippen LogP contribution is 2.45. The number of aryl methyl sites for hydroxylation is 1. The summed E-state index contributed by atoms with van der Waals surface area (Å²) in [5.41, 5.74) is 14.2. The number of anilines is 2. The number of thioether (sulfide) groups is 1. The van der Waals surface area contributed by atoms with Gasteiger partial charge in [0.25, 0.3) is 0 Å². The lowest BCUT2D eigenvalue weighted by molar-refractivity contribution is 0.0807. The Labute approximate surface area is 99.3 Å². The molecular weight excluding hydrogens is 224 g/mol. The van der Waals surface area contributed by atoms with Gasteiger partial charge >= 0.3 is 0 Å². The Balaban J connectivity index is 2.35. The number of nitrogen functional groups attached to an aromatic ring is 2. The van der Waals surface area contributed by atoms with Crippen LogP contribution in [0.1, 0.15) is 12.5 Å². The van der Waals surface area contributed by atoms with Gasteiger partial charge in [-0.25, -0.2) is 0 Å². The van der Waals surface area contributed by atoms with E-state index < -0.39 is 0 Å². The fourth-order valence-corrected chi connectivity index (χ4v) is 2.73. The summed E-state index contributed by atoms with van der Waals surface area (Å²) in [7, 11) is 0. The van der Waals surface area contributed by atoms with Gasteiger partial charge in [0.2, 0.25) is 0 Å². The molecular formula is C11H16N2O2S. The Kier molecular flexibility index (Phi) is 3.16. The summed E-state index contributed by atoms with van der Waals surface area (Å²) < 4.78 is 11.1. The molecule has 0 aromatic heterocycles. The smallest absolute Gasteiger partial charge is 0.158 e. The fourth-order valence-electron chi connectivity index (χ4n) is 1.66. The summed E-state index contributed by atoms with van der Waals surface area (Å²) in [4.78, 5) is 0.896. The molecule has 1 heterocycles. The van der Waals surface area contributed by atoms with Crippen LogP contribution in [0.5, 0.6) is 5.75 Å². The Morgan fingerprint density at radius 1 is 1.56 bits per heavy atom. The van der Waals surface area contributed by atoms with Crippen molar-refractivity contribution >= 4 is 23.1 Å². The number of fused-ring (bicyclic) bond motifs is 1. The molecule has 0 amide bonds. The molecule has 1 aliphatic heterocycles. The Hall–Kier alpha value is -1.07. The quantitative estimate of drug-likeness (QED) is 0.774. The number of hydrogen-bond acceptors (Lipinski definition) is 5. The van der Waals surface area contributed by atoms with E-state index in [0.717, 1.165) is 10.5 Å². The average Bonchev–Trinajstić information content (AvgIpc) is 2.27. The van der Waals surface area contributed by atoms with Crippen LogP contribution in [0, 0.1) is 6.92 Å². The first-order chi connectivity index (χ1) is 7.63. The zero-order valence-electron chi connectivity index (χ0n) is 9.45. The summed E-state index contributed by atoms with van der Waals surface area (Å²) in [6.07, 6.45) is 0. The molecule has 16 heavy (non-hydrogen) atoms. The molecule has 0 spiro atoms. The first kappa shape index (κ1) is 11.4. The van der Waals surface area contributed by atoms with Gasteiger partial charge in [-0.3, -0.25) is 0 Å². The fraction of sp³-hybridized carbons (Fsp3) is 0.455. The van der Waals surface area contributed by atoms with Gasteiger partial charge in [0.05, 0.1) is 10.6 Å². The number of hydrogen-bond donors (Lipinski definition) is 2. The minimum atomic E-state index is 0.00176. The van der Waals surface area contributed by atoms with E-state index in [-0.39, 0.29) is 5.44 Å². The van der Waals surface area contributed by atoms with Crippen molar-refractivity contribution in [2.45, 2.75) is 24.2 Å². The predicted molar refractivity (Wildman–Crippen MR) is 66.8 cm³/mol. The third kappa shape index (κ3) is 1.92. The predicted octanol–water partition coefficient (Wildman–Crippen LogP) is 2.01. The van der Waals surface area contributed by atoms with Crippen molar-refractivity contribution in [3.8, 4) is 5.75 Å². The van der Waals surface area contributed by atoms with Gasteiger partial charge in [-0.05, 0) is 25.5 Å². The van der Waals surface area contributed by atoms with E-state index >= 15 is 0 Å². The minimum absolute atomic E-state index is 0.00176. The van der Waals surface area contributed by atoms with Crippen LogP contribution in [0.25, 0.3) is 0 Å². The van der Waals surface area contributed by atoms with E-state index in [2.05, 4.69) is 0 Å². The third-order valence-electron chi connectivity index (χ3n) is 2.48. The van der Waals surface area contributed by atoms with Crippen LogP contribution in [0.15, 0.2) is 11.0 Å². The molecule has 0 radical (unpaired) electrons. The summed E-state index contributed by atoms with van der Waals surface area (Å²) in [5, 5.41) is 0. The maximum absolute atomic E-state index is 5.96. The first-order valence-electron chi connectivity index (χ1n) is 5.23. The summed E-state index contributed by atoms with van der Waals surface area (Å²) in [6.45, 7) is 5.06. The van der Waals surface area contributed by atoms with Gasteiger partial charge in [0.15, 0.2) is 5.75 Å². The Morgan fingerprint density at radius 3 is 3.00 bits per heavy atom. The van der Waals surface area contributed by atoms with Crippen molar-refractivity contribution in [1.82, 2.24) is 0 Å². The van der Waals surface area contributed by atoms with E-state index in [0.29, 0.717) is 30.3 Å². The zero-order chi connectivity index (χ0) is 11.7. The van der Waals surface area contributed by atoms with Crippen LogP contribution in [0.2, 0.25) is 0 Å². The molecule has 4 N–H and O–H groups in total. The van der Waals surface area contributed by atoms with Crippen molar-refractivity contribution < 1.29 is 9.47 Å². The molecule has 5 heteroatoms. The lowest BCUT2D eigenvalue weighted by Gasteiger charge is -2.27. The van der Waals surface area contributed by atoms with Crippen molar-refractivity contribution in [3.63, 3.8) is 0 Å². The van der Waals surface area contributed by atoms with Crippen LogP contribution >= 0.6 is 11.8 Å². The maximum atomic E-state index is 5.96. The third-order valence-corrected chi connectivity index (χ3v) is 3.67. The molecule has 1 unspecified atom stereocenters. The zero-order valence-corrected chi connectivity index (χ0v) is 10.3. The van der Waals surface area contributed by atoms with Gasteiger partial charge in [-0.1, -0.05) is 11.8 Å². The minimum Gasteiger partial charge on any atom is -0.487 e. The Bertz CT molecular complexity index is 409. The van der Waals surface area contributed by atoms with E-state index in [1.54, 1.807) is 11.8 Å². The molecule has 0 aliphatic carbocycles. The summed E-state index contributed by atoms with van der Waals surface area (Å²) in [6, 6.07) is 1.87. The number of benzene rings is 1. The lowest BCUT2D eigenvalue weighted by Crippen LogP contribution is -2.23. The molecule has 0 saturated heterocycles. The highest BCUT2D eigenvalue weighted by molar-refractivity contribution is 8.00. The van der Waals surface area contributed by atoms with Gasteiger partial charge in [0, 0.05) is 12.3 Å². The number of ether oxygens (including phenoxy) is 2. The van der Waals surface area contributed by atoms with E-state index in [1.165, 1.54) is 0 Å². The number of nitrogens with two attached hydrogens (primary N) is 2. The van der Waals surface area contributed by atoms with Gasteiger partial charge in [0.1, 0.15) is 12.0 Å². The maximum Gasteiger partial charge on any atom is 0.158 e.